The zero-order valence-electron chi connectivity index (χ0n) is 13.5. The van der Waals surface area contributed by atoms with Gasteiger partial charge in [0.15, 0.2) is 0 Å². The number of hydrogen-bond donors (Lipinski definition) is 0. The molecule has 2 heteroatoms. The Morgan fingerprint density at radius 3 is 2.09 bits per heavy atom. The van der Waals surface area contributed by atoms with Gasteiger partial charge in [-0.1, -0.05) is 54.1 Å². The van der Waals surface area contributed by atoms with Crippen molar-refractivity contribution in [3.8, 4) is 0 Å². The minimum atomic E-state index is 0.0242. The van der Waals surface area contributed by atoms with Gasteiger partial charge in [0.05, 0.1) is 5.69 Å². The van der Waals surface area contributed by atoms with Gasteiger partial charge in [-0.05, 0) is 37.3 Å². The summed E-state index contributed by atoms with van der Waals surface area (Å²) < 4.78 is 0. The first kappa shape index (κ1) is 13.9. The monoisotopic (exact) mass is 299 g/mol. The van der Waals surface area contributed by atoms with E-state index in [9.17, 15) is 4.79 Å². The van der Waals surface area contributed by atoms with Crippen molar-refractivity contribution in [3.05, 3.63) is 76.3 Å². The van der Waals surface area contributed by atoms with Crippen LogP contribution in [-0.4, -0.2) is 11.5 Å². The van der Waals surface area contributed by atoms with Crippen LogP contribution in [0, 0.1) is 20.8 Å². The van der Waals surface area contributed by atoms with Crippen molar-refractivity contribution >= 4 is 28.0 Å². The van der Waals surface area contributed by atoms with E-state index in [1.165, 1.54) is 5.56 Å². The molecule has 0 spiro atoms. The third kappa shape index (κ3) is 2.02. The lowest BCUT2D eigenvalue weighted by Gasteiger charge is -2.08. The van der Waals surface area contributed by atoms with Gasteiger partial charge < -0.3 is 0 Å². The number of rotatable bonds is 1. The number of Topliss-reactive ketones (excluding diaryl/α,β-unsaturated/α-hetero) is 1. The van der Waals surface area contributed by atoms with Crippen LogP contribution in [0.4, 0.5) is 5.69 Å². The van der Waals surface area contributed by atoms with Crippen LogP contribution in [0.25, 0.3) is 10.8 Å². The Hall–Kier alpha value is -2.74. The fourth-order valence-electron chi connectivity index (χ4n) is 3.55. The van der Waals surface area contributed by atoms with Crippen LogP contribution in [-0.2, 0) is 0 Å². The fraction of sp³-hybridized carbons (Fsp3) is 0.143. The van der Waals surface area contributed by atoms with E-state index in [0.717, 1.165) is 38.7 Å². The molecule has 0 unspecified atom stereocenters. The molecule has 1 aliphatic rings. The van der Waals surface area contributed by atoms with Gasteiger partial charge in [-0.15, -0.1) is 0 Å². The quantitative estimate of drug-likeness (QED) is 0.616. The number of aliphatic imine (C=N–C) groups is 1. The van der Waals surface area contributed by atoms with Crippen LogP contribution in [0.15, 0.2) is 53.5 Å². The molecule has 0 fully saturated rings. The molecule has 0 aliphatic heterocycles. The van der Waals surface area contributed by atoms with E-state index in [1.54, 1.807) is 0 Å². The zero-order valence-corrected chi connectivity index (χ0v) is 13.5. The third-order valence-electron chi connectivity index (χ3n) is 4.48. The number of ketones is 1. The topological polar surface area (TPSA) is 29.4 Å². The van der Waals surface area contributed by atoms with Crippen LogP contribution in [0.5, 0.6) is 0 Å². The Labute approximate surface area is 135 Å². The number of carbonyl (C=O) groups is 1. The summed E-state index contributed by atoms with van der Waals surface area (Å²) in [5.41, 5.74) is 6.60. The maximum atomic E-state index is 12.8. The van der Waals surface area contributed by atoms with E-state index in [0.29, 0.717) is 5.71 Å². The number of aryl methyl sites for hydroxylation is 3. The summed E-state index contributed by atoms with van der Waals surface area (Å²) in [7, 11) is 0. The smallest absolute Gasteiger partial charge is 0.212 e. The van der Waals surface area contributed by atoms with E-state index in [-0.39, 0.29) is 5.78 Å². The van der Waals surface area contributed by atoms with Crippen LogP contribution in [0.1, 0.15) is 32.6 Å². The van der Waals surface area contributed by atoms with Crippen molar-refractivity contribution < 1.29 is 4.79 Å². The molecular formula is C21H17NO. The van der Waals surface area contributed by atoms with E-state index >= 15 is 0 Å². The second kappa shape index (κ2) is 4.88. The molecule has 0 bridgehead atoms. The first-order valence-electron chi connectivity index (χ1n) is 7.79. The summed E-state index contributed by atoms with van der Waals surface area (Å²) in [5, 5.41) is 2.12. The average Bonchev–Trinajstić information content (AvgIpc) is 2.78. The predicted molar refractivity (Wildman–Crippen MR) is 95.1 cm³/mol. The summed E-state index contributed by atoms with van der Waals surface area (Å²) >= 11 is 0. The molecular weight excluding hydrogens is 282 g/mol. The molecule has 0 saturated heterocycles. The van der Waals surface area contributed by atoms with Gasteiger partial charge in [0.1, 0.15) is 5.71 Å². The first-order chi connectivity index (χ1) is 11.1. The van der Waals surface area contributed by atoms with Crippen LogP contribution in [0.3, 0.4) is 0 Å². The molecule has 0 amide bonds. The molecule has 0 saturated carbocycles. The van der Waals surface area contributed by atoms with Crippen molar-refractivity contribution in [2.24, 2.45) is 4.99 Å². The van der Waals surface area contributed by atoms with E-state index < -0.39 is 0 Å². The molecule has 23 heavy (non-hydrogen) atoms. The Balaban J connectivity index is 1.99. The van der Waals surface area contributed by atoms with E-state index in [2.05, 4.69) is 19.1 Å². The molecule has 0 N–H and O–H groups in total. The summed E-state index contributed by atoms with van der Waals surface area (Å²) in [6, 6.07) is 16.1. The van der Waals surface area contributed by atoms with Crippen molar-refractivity contribution in [2.45, 2.75) is 20.8 Å². The van der Waals surface area contributed by atoms with E-state index in [4.69, 9.17) is 4.99 Å². The summed E-state index contributed by atoms with van der Waals surface area (Å²) in [6.07, 6.45) is 0. The van der Waals surface area contributed by atoms with Gasteiger partial charge in [0.25, 0.3) is 0 Å². The first-order valence-corrected chi connectivity index (χ1v) is 7.79. The minimum Gasteiger partial charge on any atom is -0.287 e. The van der Waals surface area contributed by atoms with Gasteiger partial charge in [-0.25, -0.2) is 4.99 Å². The predicted octanol–water partition coefficient (Wildman–Crippen LogP) is 5.08. The Bertz CT molecular complexity index is 983. The van der Waals surface area contributed by atoms with Crippen molar-refractivity contribution in [1.29, 1.82) is 0 Å². The molecule has 0 radical (unpaired) electrons. The lowest BCUT2D eigenvalue weighted by molar-refractivity contribution is 0.107. The highest BCUT2D eigenvalue weighted by Gasteiger charge is 2.28. The summed E-state index contributed by atoms with van der Waals surface area (Å²) in [4.78, 5) is 17.6. The Morgan fingerprint density at radius 1 is 0.826 bits per heavy atom. The summed E-state index contributed by atoms with van der Waals surface area (Å²) in [6.45, 7) is 6.17. The molecule has 4 rings (SSSR count). The van der Waals surface area contributed by atoms with Crippen LogP contribution in [0.2, 0.25) is 0 Å². The summed E-state index contributed by atoms with van der Waals surface area (Å²) in [5.74, 6) is 0.0242. The molecule has 112 valence electrons. The lowest BCUT2D eigenvalue weighted by atomic mass is 10.0. The van der Waals surface area contributed by atoms with Crippen molar-refractivity contribution in [1.82, 2.24) is 0 Å². The molecule has 0 atom stereocenters. The second-order valence-electron chi connectivity index (χ2n) is 6.25. The molecule has 3 aromatic rings. The SMILES string of the molecule is Cc1cc(C)c(N=C2C(=O)c3cccc4cccc2c34)c(C)c1. The fourth-order valence-corrected chi connectivity index (χ4v) is 3.55. The number of hydrogen-bond acceptors (Lipinski definition) is 2. The number of carbonyl (C=O) groups excluding carboxylic acids is 1. The second-order valence-corrected chi connectivity index (χ2v) is 6.25. The maximum Gasteiger partial charge on any atom is 0.212 e. The van der Waals surface area contributed by atoms with Gasteiger partial charge in [0.2, 0.25) is 5.78 Å². The van der Waals surface area contributed by atoms with Gasteiger partial charge in [-0.2, -0.15) is 0 Å². The molecule has 0 heterocycles. The highest BCUT2D eigenvalue weighted by molar-refractivity contribution is 6.59. The van der Waals surface area contributed by atoms with Gasteiger partial charge in [-0.3, -0.25) is 4.79 Å². The Morgan fingerprint density at radius 2 is 1.43 bits per heavy atom. The molecule has 2 nitrogen and oxygen atoms in total. The lowest BCUT2D eigenvalue weighted by Crippen LogP contribution is -2.08. The minimum absolute atomic E-state index is 0.0242. The normalized spacial score (nSPS) is 14.9. The zero-order chi connectivity index (χ0) is 16.1. The van der Waals surface area contributed by atoms with Crippen molar-refractivity contribution in [2.75, 3.05) is 0 Å². The van der Waals surface area contributed by atoms with Gasteiger partial charge in [0, 0.05) is 16.5 Å². The van der Waals surface area contributed by atoms with Crippen LogP contribution >= 0.6 is 0 Å². The molecule has 3 aromatic carbocycles. The Kier molecular flexibility index (Phi) is 2.95. The third-order valence-corrected chi connectivity index (χ3v) is 4.48. The highest BCUT2D eigenvalue weighted by Crippen LogP contribution is 2.34. The van der Waals surface area contributed by atoms with Crippen LogP contribution < -0.4 is 0 Å². The standard InChI is InChI=1S/C21H17NO/c1-12-10-13(2)19(14(3)11-12)22-20-16-8-4-6-15-7-5-9-17(18(15)16)21(20)23/h4-11H,1-3H3. The number of benzene rings is 3. The molecule has 0 aromatic heterocycles. The van der Waals surface area contributed by atoms with E-state index in [1.807, 2.05) is 50.2 Å². The number of nitrogens with zero attached hydrogens (tertiary/aromatic N) is 1. The molecule has 1 aliphatic carbocycles. The van der Waals surface area contributed by atoms with Crippen molar-refractivity contribution in [3.63, 3.8) is 0 Å². The average molecular weight is 299 g/mol. The maximum absolute atomic E-state index is 12.8. The highest BCUT2D eigenvalue weighted by atomic mass is 16.1. The van der Waals surface area contributed by atoms with Gasteiger partial charge >= 0.3 is 0 Å². The largest absolute Gasteiger partial charge is 0.287 e.